The molecular weight excluding hydrogens is 320 g/mol. The van der Waals surface area contributed by atoms with Crippen LogP contribution in [0.15, 0.2) is 47.5 Å². The van der Waals surface area contributed by atoms with Gasteiger partial charge in [0.05, 0.1) is 5.69 Å². The zero-order valence-corrected chi connectivity index (χ0v) is 14.2. The summed E-state index contributed by atoms with van der Waals surface area (Å²) in [6.45, 7) is 0.829. The van der Waals surface area contributed by atoms with Crippen molar-refractivity contribution >= 4 is 23.4 Å². The molecule has 2 heterocycles. The van der Waals surface area contributed by atoms with Crippen LogP contribution in [0.4, 0.5) is 0 Å². The lowest BCUT2D eigenvalue weighted by molar-refractivity contribution is 0.175. The molecule has 1 unspecified atom stereocenters. The Bertz CT molecular complexity index is 813. The minimum Gasteiger partial charge on any atom is -0.469 e. The summed E-state index contributed by atoms with van der Waals surface area (Å²) < 4.78 is 6.24. The normalized spacial score (nSPS) is 19.5. The van der Waals surface area contributed by atoms with Gasteiger partial charge in [0.15, 0.2) is 0 Å². The minimum atomic E-state index is 0.0515. The third kappa shape index (κ3) is 3.22. The van der Waals surface area contributed by atoms with Gasteiger partial charge < -0.3 is 4.74 Å². The predicted molar refractivity (Wildman–Crippen MR) is 97.9 cm³/mol. The van der Waals surface area contributed by atoms with E-state index in [0.717, 1.165) is 42.9 Å². The van der Waals surface area contributed by atoms with Crippen molar-refractivity contribution in [3.63, 3.8) is 0 Å². The van der Waals surface area contributed by atoms with Gasteiger partial charge in [-0.1, -0.05) is 23.7 Å². The van der Waals surface area contributed by atoms with Gasteiger partial charge in [0.1, 0.15) is 6.10 Å². The number of rotatable bonds is 3. The van der Waals surface area contributed by atoms with Gasteiger partial charge in [-0.25, -0.2) is 4.98 Å². The summed E-state index contributed by atoms with van der Waals surface area (Å²) in [7, 11) is 0. The highest BCUT2D eigenvalue weighted by molar-refractivity contribution is 6.30. The van der Waals surface area contributed by atoms with Crippen LogP contribution >= 0.6 is 11.6 Å². The molecule has 2 aromatic rings. The molecule has 0 spiro atoms. The first-order valence-corrected chi connectivity index (χ1v) is 8.79. The topological polar surface area (TPSA) is 34.5 Å². The highest BCUT2D eigenvalue weighted by Gasteiger charge is 2.22. The second-order valence-corrected chi connectivity index (χ2v) is 6.64. The Hall–Kier alpha value is -2.13. The summed E-state index contributed by atoms with van der Waals surface area (Å²) in [4.78, 5) is 8.93. The molecule has 0 amide bonds. The Balaban J connectivity index is 1.58. The molecular formula is C20H19ClN2O. The van der Waals surface area contributed by atoms with Gasteiger partial charge >= 0.3 is 0 Å². The number of ether oxygens (including phenoxy) is 1. The first kappa shape index (κ1) is 15.4. The molecule has 0 fully saturated rings. The van der Waals surface area contributed by atoms with Gasteiger partial charge in [0.25, 0.3) is 0 Å². The Morgan fingerprint density at radius 2 is 2.08 bits per heavy atom. The summed E-state index contributed by atoms with van der Waals surface area (Å²) >= 11 is 6.12. The van der Waals surface area contributed by atoms with Crippen molar-refractivity contribution in [2.75, 3.05) is 6.54 Å². The smallest absolute Gasteiger partial charge is 0.214 e. The standard InChI is InChI=1S/C20H19ClN2O/c21-16-7-8-17-15(13-16)3-1-5-19(17)24-20-6-2-4-18(23-20)14-9-11-22-12-10-14/h2,4,6-9,11,13,19H,1,3,5,10,12H2. The van der Waals surface area contributed by atoms with Crippen LogP contribution in [0.25, 0.3) is 5.57 Å². The monoisotopic (exact) mass is 338 g/mol. The largest absolute Gasteiger partial charge is 0.469 e. The van der Waals surface area contributed by atoms with Gasteiger partial charge in [-0.15, -0.1) is 0 Å². The molecule has 0 saturated heterocycles. The van der Waals surface area contributed by atoms with E-state index in [9.17, 15) is 0 Å². The number of benzene rings is 1. The van der Waals surface area contributed by atoms with Crippen LogP contribution in [0.5, 0.6) is 5.88 Å². The Morgan fingerprint density at radius 1 is 1.12 bits per heavy atom. The maximum absolute atomic E-state index is 6.24. The zero-order chi connectivity index (χ0) is 16.4. The average Bonchev–Trinajstić information content (AvgIpc) is 2.63. The number of allylic oxidation sites excluding steroid dienone is 1. The van der Waals surface area contributed by atoms with Gasteiger partial charge in [-0.05, 0) is 66.7 Å². The third-order valence-corrected chi connectivity index (χ3v) is 4.81. The molecule has 3 nitrogen and oxygen atoms in total. The molecule has 1 aliphatic carbocycles. The number of pyridine rings is 1. The van der Waals surface area contributed by atoms with Crippen LogP contribution in [0.3, 0.4) is 0 Å². The van der Waals surface area contributed by atoms with E-state index in [1.54, 1.807) is 0 Å². The van der Waals surface area contributed by atoms with Crippen molar-refractivity contribution in [3.8, 4) is 5.88 Å². The molecule has 1 aromatic heterocycles. The van der Waals surface area contributed by atoms with E-state index >= 15 is 0 Å². The maximum atomic E-state index is 6.24. The molecule has 1 atom stereocenters. The Labute approximate surface area is 147 Å². The van der Waals surface area contributed by atoms with E-state index in [-0.39, 0.29) is 6.10 Å². The van der Waals surface area contributed by atoms with E-state index in [0.29, 0.717) is 5.88 Å². The van der Waals surface area contributed by atoms with Crippen LogP contribution < -0.4 is 4.74 Å². The molecule has 1 aromatic carbocycles. The van der Waals surface area contributed by atoms with Gasteiger partial charge in [0, 0.05) is 23.8 Å². The van der Waals surface area contributed by atoms with Crippen molar-refractivity contribution in [2.24, 2.45) is 4.99 Å². The zero-order valence-electron chi connectivity index (χ0n) is 13.4. The quantitative estimate of drug-likeness (QED) is 0.784. The number of hydrogen-bond acceptors (Lipinski definition) is 3. The molecule has 0 radical (unpaired) electrons. The van der Waals surface area contributed by atoms with E-state index in [1.165, 1.54) is 16.7 Å². The lowest BCUT2D eigenvalue weighted by atomic mass is 9.89. The van der Waals surface area contributed by atoms with Crippen molar-refractivity contribution in [3.05, 3.63) is 64.3 Å². The summed E-state index contributed by atoms with van der Waals surface area (Å²) in [6, 6.07) is 12.1. The minimum absolute atomic E-state index is 0.0515. The summed E-state index contributed by atoms with van der Waals surface area (Å²) in [5, 5.41) is 0.792. The number of aliphatic imine (C=N–C) groups is 1. The molecule has 2 aliphatic rings. The predicted octanol–water partition coefficient (Wildman–Crippen LogP) is 5.05. The fourth-order valence-corrected chi connectivity index (χ4v) is 3.56. The van der Waals surface area contributed by atoms with Crippen LogP contribution in [0, 0.1) is 0 Å². The van der Waals surface area contributed by atoms with Crippen LogP contribution in [0.2, 0.25) is 5.02 Å². The number of nitrogens with zero attached hydrogens (tertiary/aromatic N) is 2. The second kappa shape index (κ2) is 6.78. The first-order valence-electron chi connectivity index (χ1n) is 8.41. The van der Waals surface area contributed by atoms with Crippen LogP contribution in [0.1, 0.15) is 42.2 Å². The maximum Gasteiger partial charge on any atom is 0.214 e. The molecule has 0 saturated carbocycles. The van der Waals surface area contributed by atoms with Crippen molar-refractivity contribution in [1.29, 1.82) is 0 Å². The summed E-state index contributed by atoms with van der Waals surface area (Å²) in [5.41, 5.74) is 4.72. The average molecular weight is 339 g/mol. The highest BCUT2D eigenvalue weighted by atomic mass is 35.5. The van der Waals surface area contributed by atoms with E-state index in [4.69, 9.17) is 21.3 Å². The van der Waals surface area contributed by atoms with E-state index in [2.05, 4.69) is 17.1 Å². The number of aromatic nitrogens is 1. The van der Waals surface area contributed by atoms with Gasteiger partial charge in [0.2, 0.25) is 5.88 Å². The molecule has 0 N–H and O–H groups in total. The van der Waals surface area contributed by atoms with E-state index < -0.39 is 0 Å². The molecule has 4 rings (SSSR count). The lowest BCUT2D eigenvalue weighted by Gasteiger charge is -2.26. The van der Waals surface area contributed by atoms with Gasteiger partial charge in [-0.3, -0.25) is 4.99 Å². The Kier molecular flexibility index (Phi) is 4.35. The fraction of sp³-hybridized carbons (Fsp3) is 0.300. The van der Waals surface area contributed by atoms with Crippen LogP contribution in [-0.2, 0) is 6.42 Å². The van der Waals surface area contributed by atoms with Crippen molar-refractivity contribution < 1.29 is 4.74 Å². The fourth-order valence-electron chi connectivity index (χ4n) is 3.36. The lowest BCUT2D eigenvalue weighted by Crippen LogP contribution is -2.16. The highest BCUT2D eigenvalue weighted by Crippen LogP contribution is 2.34. The molecule has 1 aliphatic heterocycles. The number of aryl methyl sites for hydroxylation is 1. The molecule has 24 heavy (non-hydrogen) atoms. The number of halogens is 1. The number of fused-ring (bicyclic) bond motifs is 1. The van der Waals surface area contributed by atoms with Gasteiger partial charge in [-0.2, -0.15) is 0 Å². The number of hydrogen-bond donors (Lipinski definition) is 0. The summed E-state index contributed by atoms with van der Waals surface area (Å²) in [5.74, 6) is 0.684. The molecule has 4 heteroatoms. The third-order valence-electron chi connectivity index (χ3n) is 4.57. The van der Waals surface area contributed by atoms with Crippen LogP contribution in [-0.4, -0.2) is 17.7 Å². The molecule has 0 bridgehead atoms. The Morgan fingerprint density at radius 3 is 2.96 bits per heavy atom. The molecule has 122 valence electrons. The second-order valence-electron chi connectivity index (χ2n) is 6.20. The summed E-state index contributed by atoms with van der Waals surface area (Å²) in [6.07, 6.45) is 8.06. The first-order chi connectivity index (χ1) is 11.8. The van der Waals surface area contributed by atoms with Crippen molar-refractivity contribution in [1.82, 2.24) is 4.98 Å². The SMILES string of the molecule is Clc1ccc2c(c1)CCCC2Oc1cccc(C2=CC=NCC2)n1. The van der Waals surface area contributed by atoms with Crippen molar-refractivity contribution in [2.45, 2.75) is 31.8 Å². The van der Waals surface area contributed by atoms with E-state index in [1.807, 2.05) is 36.6 Å². The number of dihydropyridines is 1.